The fraction of sp³-hybridized carbons (Fsp3) is 0.636. The second-order valence-electron chi connectivity index (χ2n) is 8.76. The number of nitrogens with one attached hydrogen (secondary N) is 2. The molecule has 1 aliphatic heterocycles. The van der Waals surface area contributed by atoms with Crippen LogP contribution in [0.4, 0.5) is 4.79 Å². The lowest BCUT2D eigenvalue weighted by Gasteiger charge is -2.34. The van der Waals surface area contributed by atoms with E-state index in [1.54, 1.807) is 0 Å². The third-order valence-electron chi connectivity index (χ3n) is 5.00. The van der Waals surface area contributed by atoms with Gasteiger partial charge in [0, 0.05) is 18.5 Å². The summed E-state index contributed by atoms with van der Waals surface area (Å²) in [4.78, 5) is 27.3. The van der Waals surface area contributed by atoms with Crippen molar-refractivity contribution in [1.82, 2.24) is 15.5 Å². The minimum absolute atomic E-state index is 0.0351. The molecule has 1 saturated heterocycles. The number of amides is 2. The summed E-state index contributed by atoms with van der Waals surface area (Å²) in [6, 6.07) is 9.82. The van der Waals surface area contributed by atoms with Gasteiger partial charge in [0.05, 0.1) is 6.04 Å². The van der Waals surface area contributed by atoms with E-state index in [0.29, 0.717) is 12.6 Å². The highest BCUT2D eigenvalue weighted by Crippen LogP contribution is 2.20. The Labute approximate surface area is 169 Å². The van der Waals surface area contributed by atoms with Gasteiger partial charge in [0.1, 0.15) is 5.60 Å². The van der Waals surface area contributed by atoms with Crippen LogP contribution in [0.2, 0.25) is 0 Å². The quantitative estimate of drug-likeness (QED) is 0.781. The maximum absolute atomic E-state index is 12.7. The largest absolute Gasteiger partial charge is 0.444 e. The maximum atomic E-state index is 12.7. The van der Waals surface area contributed by atoms with Crippen molar-refractivity contribution in [2.24, 2.45) is 5.92 Å². The molecule has 0 aromatic heterocycles. The van der Waals surface area contributed by atoms with E-state index in [4.69, 9.17) is 4.74 Å². The first-order valence-corrected chi connectivity index (χ1v) is 10.2. The van der Waals surface area contributed by atoms with Crippen LogP contribution in [0.3, 0.4) is 0 Å². The van der Waals surface area contributed by atoms with Crippen molar-refractivity contribution in [1.29, 1.82) is 0 Å². The normalized spacial score (nSPS) is 17.2. The third-order valence-corrected chi connectivity index (χ3v) is 5.00. The smallest absolute Gasteiger partial charge is 0.408 e. The fourth-order valence-corrected chi connectivity index (χ4v) is 3.41. The second-order valence-corrected chi connectivity index (χ2v) is 8.76. The van der Waals surface area contributed by atoms with Gasteiger partial charge < -0.3 is 20.3 Å². The van der Waals surface area contributed by atoms with Gasteiger partial charge in [0.2, 0.25) is 5.91 Å². The zero-order valence-corrected chi connectivity index (χ0v) is 17.8. The molecule has 1 aromatic carbocycles. The van der Waals surface area contributed by atoms with E-state index < -0.39 is 11.7 Å². The van der Waals surface area contributed by atoms with Crippen LogP contribution in [-0.2, 0) is 9.53 Å². The van der Waals surface area contributed by atoms with Crippen molar-refractivity contribution >= 4 is 12.0 Å². The fourth-order valence-electron chi connectivity index (χ4n) is 3.41. The number of alkyl carbamates (subject to hydrolysis) is 1. The van der Waals surface area contributed by atoms with E-state index in [1.165, 1.54) is 0 Å². The van der Waals surface area contributed by atoms with Crippen LogP contribution >= 0.6 is 0 Å². The van der Waals surface area contributed by atoms with Gasteiger partial charge in [0.25, 0.3) is 0 Å². The minimum atomic E-state index is -0.570. The molecule has 1 heterocycles. The van der Waals surface area contributed by atoms with Crippen LogP contribution in [-0.4, -0.2) is 48.2 Å². The maximum Gasteiger partial charge on any atom is 0.408 e. The summed E-state index contributed by atoms with van der Waals surface area (Å²) in [6.07, 6.45) is 1.26. The lowest BCUT2D eigenvalue weighted by atomic mass is 9.95. The molecule has 156 valence electrons. The highest BCUT2D eigenvalue weighted by molar-refractivity contribution is 5.79. The van der Waals surface area contributed by atoms with Gasteiger partial charge in [-0.2, -0.15) is 0 Å². The molecule has 2 rings (SSSR count). The number of hydrogen-bond donors (Lipinski definition) is 2. The average molecular weight is 390 g/mol. The second kappa shape index (κ2) is 9.92. The van der Waals surface area contributed by atoms with Crippen LogP contribution < -0.4 is 10.6 Å². The minimum Gasteiger partial charge on any atom is -0.444 e. The summed E-state index contributed by atoms with van der Waals surface area (Å²) in [7, 11) is 0. The van der Waals surface area contributed by atoms with Gasteiger partial charge in [0.15, 0.2) is 0 Å². The Bertz CT molecular complexity index is 632. The van der Waals surface area contributed by atoms with Gasteiger partial charge in [-0.3, -0.25) is 4.79 Å². The predicted molar refractivity (Wildman–Crippen MR) is 111 cm³/mol. The number of ether oxygens (including phenoxy) is 1. The highest BCUT2D eigenvalue weighted by atomic mass is 16.6. The average Bonchev–Trinajstić information content (AvgIpc) is 2.64. The zero-order chi connectivity index (χ0) is 20.7. The summed E-state index contributed by atoms with van der Waals surface area (Å²) < 4.78 is 5.38. The molecule has 6 nitrogen and oxygen atoms in total. The molecule has 2 N–H and O–H groups in total. The number of benzene rings is 1. The summed E-state index contributed by atoms with van der Waals surface area (Å²) in [5.74, 6) is 0.100. The molecule has 0 aliphatic carbocycles. The molecule has 0 radical (unpaired) electrons. The van der Waals surface area contributed by atoms with Crippen LogP contribution in [0.1, 0.15) is 59.1 Å². The summed E-state index contributed by atoms with van der Waals surface area (Å²) >= 11 is 0. The highest BCUT2D eigenvalue weighted by Gasteiger charge is 2.27. The van der Waals surface area contributed by atoms with E-state index in [9.17, 15) is 9.59 Å². The van der Waals surface area contributed by atoms with Crippen molar-refractivity contribution in [3.8, 4) is 0 Å². The molecule has 0 unspecified atom stereocenters. The lowest BCUT2D eigenvalue weighted by Crippen LogP contribution is -2.45. The summed E-state index contributed by atoms with van der Waals surface area (Å²) in [5, 5.41) is 5.92. The van der Waals surface area contributed by atoms with Crippen molar-refractivity contribution in [3.05, 3.63) is 35.9 Å². The number of carbonyl (C=O) groups excluding carboxylic acids is 2. The number of carbonyl (C=O) groups is 2. The standard InChI is InChI=1S/C22H35N3O3/c1-16(2)25-13-11-18(12-14-25)20(26)23-15-19(17-9-7-6-8-10-17)24-21(27)28-22(3,4)5/h6-10,16,18-19H,11-15H2,1-5H3,(H,23,26)(H,24,27)/t19-/m0/s1. The molecule has 1 aromatic rings. The first-order valence-electron chi connectivity index (χ1n) is 10.2. The number of nitrogens with zero attached hydrogens (tertiary/aromatic N) is 1. The molecule has 0 bridgehead atoms. The summed E-state index contributed by atoms with van der Waals surface area (Å²) in [5.41, 5.74) is 0.363. The summed E-state index contributed by atoms with van der Waals surface area (Å²) in [6.45, 7) is 12.1. The molecule has 1 aliphatic rings. The lowest BCUT2D eigenvalue weighted by molar-refractivity contribution is -0.126. The van der Waals surface area contributed by atoms with Gasteiger partial charge in [-0.05, 0) is 66.1 Å². The van der Waals surface area contributed by atoms with E-state index in [1.807, 2.05) is 51.1 Å². The van der Waals surface area contributed by atoms with Gasteiger partial charge in [-0.15, -0.1) is 0 Å². The molecule has 2 amide bonds. The van der Waals surface area contributed by atoms with Crippen LogP contribution in [0, 0.1) is 5.92 Å². The molecule has 0 saturated carbocycles. The van der Waals surface area contributed by atoms with E-state index in [-0.39, 0.29) is 17.9 Å². The predicted octanol–water partition coefficient (Wildman–Crippen LogP) is 3.49. The number of piperidine rings is 1. The van der Waals surface area contributed by atoms with Crippen LogP contribution in [0.5, 0.6) is 0 Å². The third kappa shape index (κ3) is 7.15. The number of hydrogen-bond acceptors (Lipinski definition) is 4. The Kier molecular flexibility index (Phi) is 7.87. The first kappa shape index (κ1) is 22.2. The van der Waals surface area contributed by atoms with E-state index in [2.05, 4.69) is 29.4 Å². The Morgan fingerprint density at radius 1 is 1.14 bits per heavy atom. The van der Waals surface area contributed by atoms with Crippen LogP contribution in [0.15, 0.2) is 30.3 Å². The molecular weight excluding hydrogens is 354 g/mol. The van der Waals surface area contributed by atoms with Gasteiger partial charge in [-0.1, -0.05) is 30.3 Å². The molecular formula is C22H35N3O3. The molecule has 1 atom stereocenters. The molecule has 6 heteroatoms. The van der Waals surface area contributed by atoms with E-state index >= 15 is 0 Å². The Hall–Kier alpha value is -2.08. The van der Waals surface area contributed by atoms with Crippen molar-refractivity contribution < 1.29 is 14.3 Å². The van der Waals surface area contributed by atoms with Crippen LogP contribution in [0.25, 0.3) is 0 Å². The molecule has 1 fully saturated rings. The Morgan fingerprint density at radius 2 is 1.75 bits per heavy atom. The Morgan fingerprint density at radius 3 is 2.29 bits per heavy atom. The topological polar surface area (TPSA) is 70.7 Å². The van der Waals surface area contributed by atoms with Crippen molar-refractivity contribution in [3.63, 3.8) is 0 Å². The van der Waals surface area contributed by atoms with Gasteiger partial charge in [-0.25, -0.2) is 4.79 Å². The van der Waals surface area contributed by atoms with Gasteiger partial charge >= 0.3 is 6.09 Å². The number of rotatable bonds is 6. The monoisotopic (exact) mass is 389 g/mol. The SMILES string of the molecule is CC(C)N1CCC(C(=O)NC[C@H](NC(=O)OC(C)(C)C)c2ccccc2)CC1. The van der Waals surface area contributed by atoms with Crippen molar-refractivity contribution in [2.75, 3.05) is 19.6 Å². The first-order chi connectivity index (χ1) is 13.2. The molecule has 28 heavy (non-hydrogen) atoms. The Balaban J connectivity index is 1.93. The molecule has 0 spiro atoms. The van der Waals surface area contributed by atoms with E-state index in [0.717, 1.165) is 31.5 Å². The van der Waals surface area contributed by atoms with Crippen molar-refractivity contribution in [2.45, 2.75) is 65.1 Å². The zero-order valence-electron chi connectivity index (χ0n) is 17.8. The number of likely N-dealkylation sites (tertiary alicyclic amines) is 1.